The van der Waals surface area contributed by atoms with Gasteiger partial charge in [0, 0.05) is 30.6 Å². The monoisotopic (exact) mass is 455 g/mol. The molecule has 7 nitrogen and oxygen atoms in total. The molecule has 0 bridgehead atoms. The molecule has 3 N–H and O–H groups in total. The van der Waals surface area contributed by atoms with Crippen LogP contribution in [0, 0.1) is 0 Å². The molecule has 0 saturated carbocycles. The zero-order valence-electron chi connectivity index (χ0n) is 16.4. The molecule has 0 aliphatic rings. The van der Waals surface area contributed by atoms with Crippen LogP contribution in [0.1, 0.15) is 10.4 Å². The number of aliphatic carboxylic acids is 1. The van der Waals surface area contributed by atoms with Gasteiger partial charge in [0.05, 0.1) is 0 Å². The van der Waals surface area contributed by atoms with E-state index in [2.05, 4.69) is 10.6 Å². The van der Waals surface area contributed by atoms with Gasteiger partial charge in [0.15, 0.2) is 0 Å². The van der Waals surface area contributed by atoms with E-state index in [0.29, 0.717) is 11.3 Å². The van der Waals surface area contributed by atoms with E-state index >= 15 is 0 Å². The first-order valence-corrected chi connectivity index (χ1v) is 9.97. The first kappa shape index (κ1) is 24.1. The third-order valence-corrected chi connectivity index (χ3v) is 4.69. The Hall–Kier alpha value is -3.21. The SMILES string of the molecule is CN(CC(=O)O)C(=O)c1ccc(-c2cccc(NC(=O)NCCSC(F)(F)F)c2)cc1. The molecule has 166 valence electrons. The Morgan fingerprint density at radius 3 is 2.35 bits per heavy atom. The number of likely N-dealkylation sites (N-methyl/N-ethyl adjacent to an activating group) is 1. The van der Waals surface area contributed by atoms with Gasteiger partial charge >= 0.3 is 17.5 Å². The summed E-state index contributed by atoms with van der Waals surface area (Å²) in [4.78, 5) is 35.9. The standard InChI is InChI=1S/C20H20F3N3O4S/c1-26(12-17(27)28)18(29)14-7-5-13(6-8-14)15-3-2-4-16(11-15)25-19(30)24-9-10-31-20(21,22)23/h2-8,11H,9-10,12H2,1H3,(H,27,28)(H2,24,25,30). The van der Waals surface area contributed by atoms with Gasteiger partial charge < -0.3 is 20.6 Å². The molecule has 0 aromatic heterocycles. The van der Waals surface area contributed by atoms with Gasteiger partial charge in [0.25, 0.3) is 5.91 Å². The highest BCUT2D eigenvalue weighted by molar-refractivity contribution is 8.00. The van der Waals surface area contributed by atoms with Gasteiger partial charge in [-0.15, -0.1) is 0 Å². The second-order valence-corrected chi connectivity index (χ2v) is 7.55. The summed E-state index contributed by atoms with van der Waals surface area (Å²) in [6.07, 6.45) is 0. The van der Waals surface area contributed by atoms with Gasteiger partial charge in [-0.25, -0.2) is 4.79 Å². The predicted molar refractivity (Wildman–Crippen MR) is 112 cm³/mol. The molecule has 2 rings (SSSR count). The fourth-order valence-corrected chi connectivity index (χ4v) is 3.02. The van der Waals surface area contributed by atoms with Crippen LogP contribution in [0.2, 0.25) is 0 Å². The second kappa shape index (κ2) is 10.7. The summed E-state index contributed by atoms with van der Waals surface area (Å²) < 4.78 is 36.2. The highest BCUT2D eigenvalue weighted by Crippen LogP contribution is 2.29. The molecule has 0 aliphatic carbocycles. The Balaban J connectivity index is 1.97. The van der Waals surface area contributed by atoms with E-state index < -0.39 is 30.0 Å². The molecule has 2 aromatic rings. The minimum absolute atomic E-state index is 0.137. The topological polar surface area (TPSA) is 98.7 Å². The predicted octanol–water partition coefficient (Wildman–Crippen LogP) is 3.88. The number of amides is 3. The van der Waals surface area contributed by atoms with Crippen molar-refractivity contribution in [2.75, 3.05) is 31.2 Å². The lowest BCUT2D eigenvalue weighted by Crippen LogP contribution is -2.31. The highest BCUT2D eigenvalue weighted by Gasteiger charge is 2.27. The fraction of sp³-hybridized carbons (Fsp3) is 0.250. The van der Waals surface area contributed by atoms with Gasteiger partial charge in [-0.2, -0.15) is 13.2 Å². The summed E-state index contributed by atoms with van der Waals surface area (Å²) in [5.41, 5.74) is -2.07. The summed E-state index contributed by atoms with van der Waals surface area (Å²) in [6, 6.07) is 12.7. The number of carboxylic acid groups (broad SMARTS) is 1. The number of carboxylic acids is 1. The van der Waals surface area contributed by atoms with Crippen LogP contribution in [0.25, 0.3) is 11.1 Å². The highest BCUT2D eigenvalue weighted by atomic mass is 32.2. The Morgan fingerprint density at radius 1 is 1.06 bits per heavy atom. The molecule has 3 amide bonds. The van der Waals surface area contributed by atoms with Crippen molar-refractivity contribution in [3.8, 4) is 11.1 Å². The minimum Gasteiger partial charge on any atom is -0.480 e. The van der Waals surface area contributed by atoms with E-state index in [9.17, 15) is 27.6 Å². The summed E-state index contributed by atoms with van der Waals surface area (Å²) >= 11 is -0.209. The van der Waals surface area contributed by atoms with Crippen LogP contribution in [0.4, 0.5) is 23.7 Å². The zero-order chi connectivity index (χ0) is 23.0. The average molecular weight is 455 g/mol. The van der Waals surface area contributed by atoms with E-state index in [1.54, 1.807) is 48.5 Å². The van der Waals surface area contributed by atoms with Crippen LogP contribution in [0.3, 0.4) is 0 Å². The molecule has 0 heterocycles. The Kier molecular flexibility index (Phi) is 8.31. The van der Waals surface area contributed by atoms with Gasteiger partial charge in [-0.3, -0.25) is 9.59 Å². The quantitative estimate of drug-likeness (QED) is 0.525. The minimum atomic E-state index is -4.33. The maximum Gasteiger partial charge on any atom is 0.441 e. The van der Waals surface area contributed by atoms with Crippen LogP contribution in [0.15, 0.2) is 48.5 Å². The number of thioether (sulfide) groups is 1. The summed E-state index contributed by atoms with van der Waals surface area (Å²) in [7, 11) is 1.40. The van der Waals surface area contributed by atoms with E-state index in [0.717, 1.165) is 16.0 Å². The molecule has 2 aromatic carbocycles. The number of urea groups is 1. The number of carbonyl (C=O) groups excluding carboxylic acids is 2. The molecule has 0 atom stereocenters. The fourth-order valence-electron chi connectivity index (χ4n) is 2.58. The first-order valence-electron chi connectivity index (χ1n) is 8.98. The number of nitrogens with one attached hydrogen (secondary N) is 2. The van der Waals surface area contributed by atoms with Crippen molar-refractivity contribution in [1.29, 1.82) is 0 Å². The van der Waals surface area contributed by atoms with Gasteiger partial charge in [0.1, 0.15) is 6.54 Å². The summed E-state index contributed by atoms with van der Waals surface area (Å²) in [5, 5.41) is 13.7. The van der Waals surface area contributed by atoms with Crippen LogP contribution in [0.5, 0.6) is 0 Å². The molecule has 0 aliphatic heterocycles. The second-order valence-electron chi connectivity index (χ2n) is 6.39. The third-order valence-electron chi connectivity index (χ3n) is 3.96. The van der Waals surface area contributed by atoms with Crippen LogP contribution >= 0.6 is 11.8 Å². The number of rotatable bonds is 8. The molecular weight excluding hydrogens is 435 g/mol. The van der Waals surface area contributed by atoms with E-state index in [1.807, 2.05) is 0 Å². The lowest BCUT2D eigenvalue weighted by Gasteiger charge is -2.15. The number of carbonyl (C=O) groups is 3. The normalized spacial score (nSPS) is 11.0. The van der Waals surface area contributed by atoms with Crippen LogP contribution in [-0.2, 0) is 4.79 Å². The number of halogens is 3. The molecule has 0 saturated heterocycles. The molecule has 0 fully saturated rings. The van der Waals surface area contributed by atoms with Crippen molar-refractivity contribution < 1.29 is 32.7 Å². The first-order chi connectivity index (χ1) is 14.5. The molecule has 0 radical (unpaired) electrons. The average Bonchev–Trinajstić information content (AvgIpc) is 2.70. The van der Waals surface area contributed by atoms with Gasteiger partial charge in [-0.1, -0.05) is 24.3 Å². The zero-order valence-corrected chi connectivity index (χ0v) is 17.2. The maximum absolute atomic E-state index is 12.2. The van der Waals surface area contributed by atoms with E-state index in [4.69, 9.17) is 5.11 Å². The largest absolute Gasteiger partial charge is 0.480 e. The lowest BCUT2D eigenvalue weighted by molar-refractivity contribution is -0.137. The molecule has 11 heteroatoms. The maximum atomic E-state index is 12.2. The molecule has 0 spiro atoms. The molecule has 31 heavy (non-hydrogen) atoms. The number of anilines is 1. The van der Waals surface area contributed by atoms with Crippen molar-refractivity contribution in [1.82, 2.24) is 10.2 Å². The van der Waals surface area contributed by atoms with Gasteiger partial charge in [0.2, 0.25) is 0 Å². The number of alkyl halides is 3. The lowest BCUT2D eigenvalue weighted by atomic mass is 10.0. The van der Waals surface area contributed by atoms with Crippen LogP contribution < -0.4 is 10.6 Å². The molecular formula is C20H20F3N3O4S. The van der Waals surface area contributed by atoms with E-state index in [1.165, 1.54) is 7.05 Å². The van der Waals surface area contributed by atoms with Crippen LogP contribution in [-0.4, -0.2) is 59.3 Å². The van der Waals surface area contributed by atoms with Crippen molar-refractivity contribution in [3.63, 3.8) is 0 Å². The number of hydrogen-bond donors (Lipinski definition) is 3. The Bertz CT molecular complexity index is 936. The number of nitrogens with zero attached hydrogens (tertiary/aromatic N) is 1. The number of benzene rings is 2. The van der Waals surface area contributed by atoms with Crippen molar-refractivity contribution in [2.45, 2.75) is 5.51 Å². The van der Waals surface area contributed by atoms with Crippen molar-refractivity contribution >= 4 is 35.4 Å². The summed E-state index contributed by atoms with van der Waals surface area (Å²) in [6.45, 7) is -0.549. The van der Waals surface area contributed by atoms with Crippen molar-refractivity contribution in [2.24, 2.45) is 0 Å². The third kappa shape index (κ3) is 8.21. The Labute approximate surface area is 180 Å². The van der Waals surface area contributed by atoms with Crippen molar-refractivity contribution in [3.05, 3.63) is 54.1 Å². The Morgan fingerprint density at radius 2 is 1.74 bits per heavy atom. The van der Waals surface area contributed by atoms with E-state index in [-0.39, 0.29) is 24.1 Å². The smallest absolute Gasteiger partial charge is 0.441 e. The summed E-state index contributed by atoms with van der Waals surface area (Å²) in [5.74, 6) is -1.83. The number of hydrogen-bond acceptors (Lipinski definition) is 4. The molecule has 0 unspecified atom stereocenters. The van der Waals surface area contributed by atoms with Gasteiger partial charge in [-0.05, 0) is 47.2 Å².